The van der Waals surface area contributed by atoms with Crippen LogP contribution in [0.15, 0.2) is 29.0 Å². The summed E-state index contributed by atoms with van der Waals surface area (Å²) in [6.07, 6.45) is 1.17. The lowest BCUT2D eigenvalue weighted by Crippen LogP contribution is -2.39. The highest BCUT2D eigenvalue weighted by molar-refractivity contribution is 7.10. The first-order chi connectivity index (χ1) is 8.81. The van der Waals surface area contributed by atoms with Crippen molar-refractivity contribution in [1.29, 1.82) is 0 Å². The van der Waals surface area contributed by atoms with Gasteiger partial charge in [-0.05, 0) is 41.8 Å². The van der Waals surface area contributed by atoms with E-state index in [4.69, 9.17) is 5.73 Å². The van der Waals surface area contributed by atoms with Crippen molar-refractivity contribution in [2.75, 3.05) is 13.1 Å². The fourth-order valence-electron chi connectivity index (χ4n) is 2.85. The standard InChI is InChI=1S/C14H18N2S2/c1-10-11-5-8-18-13(11)4-6-16(10)12(9-15)14-3-2-7-17-14/h2-3,5,7-8,10,12H,4,6,9,15H2,1H3. The zero-order valence-electron chi connectivity index (χ0n) is 10.5. The van der Waals surface area contributed by atoms with Crippen LogP contribution in [0.25, 0.3) is 0 Å². The number of nitrogens with zero attached hydrogens (tertiary/aromatic N) is 1. The molecule has 2 aromatic rings. The van der Waals surface area contributed by atoms with E-state index >= 15 is 0 Å². The van der Waals surface area contributed by atoms with Crippen LogP contribution in [-0.4, -0.2) is 18.0 Å². The van der Waals surface area contributed by atoms with E-state index in [1.165, 1.54) is 16.9 Å². The van der Waals surface area contributed by atoms with Crippen LogP contribution in [0.5, 0.6) is 0 Å². The van der Waals surface area contributed by atoms with Crippen molar-refractivity contribution in [3.8, 4) is 0 Å². The van der Waals surface area contributed by atoms with Crippen molar-refractivity contribution < 1.29 is 0 Å². The molecule has 0 amide bonds. The van der Waals surface area contributed by atoms with Gasteiger partial charge in [0.25, 0.3) is 0 Å². The lowest BCUT2D eigenvalue weighted by Gasteiger charge is -2.38. The minimum absolute atomic E-state index is 0.369. The van der Waals surface area contributed by atoms with E-state index in [0.717, 1.165) is 6.54 Å². The zero-order chi connectivity index (χ0) is 12.5. The molecular formula is C14H18N2S2. The smallest absolute Gasteiger partial charge is 0.0569 e. The Morgan fingerprint density at radius 2 is 2.28 bits per heavy atom. The highest BCUT2D eigenvalue weighted by atomic mass is 32.1. The normalized spacial score (nSPS) is 21.8. The third-order valence-electron chi connectivity index (χ3n) is 3.82. The van der Waals surface area contributed by atoms with Crippen LogP contribution in [0, 0.1) is 0 Å². The van der Waals surface area contributed by atoms with Crippen LogP contribution in [0.2, 0.25) is 0 Å². The molecule has 0 saturated carbocycles. The average Bonchev–Trinajstić information content (AvgIpc) is 3.03. The van der Waals surface area contributed by atoms with Gasteiger partial charge in [-0.2, -0.15) is 0 Å². The van der Waals surface area contributed by atoms with Gasteiger partial charge >= 0.3 is 0 Å². The van der Waals surface area contributed by atoms with Crippen molar-refractivity contribution >= 4 is 22.7 Å². The molecule has 3 heterocycles. The molecule has 2 unspecified atom stereocenters. The molecule has 0 aliphatic carbocycles. The van der Waals surface area contributed by atoms with E-state index in [9.17, 15) is 0 Å². The van der Waals surface area contributed by atoms with Crippen molar-refractivity contribution in [2.24, 2.45) is 5.73 Å². The molecule has 2 atom stereocenters. The summed E-state index contributed by atoms with van der Waals surface area (Å²) in [6, 6.07) is 7.45. The van der Waals surface area contributed by atoms with Crippen molar-refractivity contribution in [3.63, 3.8) is 0 Å². The van der Waals surface area contributed by atoms with Gasteiger partial charge in [0.05, 0.1) is 6.04 Å². The molecule has 0 fully saturated rings. The minimum atomic E-state index is 0.369. The Labute approximate surface area is 116 Å². The topological polar surface area (TPSA) is 29.3 Å². The van der Waals surface area contributed by atoms with Crippen LogP contribution in [0.1, 0.15) is 34.3 Å². The van der Waals surface area contributed by atoms with E-state index in [1.54, 1.807) is 4.88 Å². The molecule has 96 valence electrons. The first-order valence-electron chi connectivity index (χ1n) is 6.36. The monoisotopic (exact) mass is 278 g/mol. The number of nitrogens with two attached hydrogens (primary N) is 1. The summed E-state index contributed by atoms with van der Waals surface area (Å²) < 4.78 is 0. The number of thiophene rings is 2. The van der Waals surface area contributed by atoms with E-state index in [1.807, 2.05) is 22.7 Å². The summed E-state index contributed by atoms with van der Waals surface area (Å²) in [5.41, 5.74) is 7.52. The number of fused-ring (bicyclic) bond motifs is 1. The molecule has 0 spiro atoms. The molecule has 0 radical (unpaired) electrons. The Bertz CT molecular complexity index is 504. The molecule has 0 aromatic carbocycles. The molecule has 0 saturated heterocycles. The van der Waals surface area contributed by atoms with Gasteiger partial charge in [-0.25, -0.2) is 0 Å². The van der Waals surface area contributed by atoms with Crippen molar-refractivity contribution in [1.82, 2.24) is 4.90 Å². The maximum atomic E-state index is 6.02. The predicted octanol–water partition coefficient (Wildman–Crippen LogP) is 3.43. The number of hydrogen-bond acceptors (Lipinski definition) is 4. The zero-order valence-corrected chi connectivity index (χ0v) is 12.1. The quantitative estimate of drug-likeness (QED) is 0.932. The summed E-state index contributed by atoms with van der Waals surface area (Å²) in [5, 5.41) is 4.36. The number of hydrogen-bond donors (Lipinski definition) is 1. The van der Waals surface area contributed by atoms with Crippen LogP contribution in [0.3, 0.4) is 0 Å². The molecule has 2 aromatic heterocycles. The SMILES string of the molecule is CC1c2ccsc2CCN1C(CN)c1cccs1. The van der Waals surface area contributed by atoms with E-state index in [2.05, 4.69) is 40.8 Å². The second kappa shape index (κ2) is 5.13. The Morgan fingerprint density at radius 1 is 1.39 bits per heavy atom. The summed E-state index contributed by atoms with van der Waals surface area (Å²) in [7, 11) is 0. The molecule has 2 nitrogen and oxygen atoms in total. The predicted molar refractivity (Wildman–Crippen MR) is 79.3 cm³/mol. The first-order valence-corrected chi connectivity index (χ1v) is 8.12. The van der Waals surface area contributed by atoms with Gasteiger partial charge < -0.3 is 5.73 Å². The first kappa shape index (κ1) is 12.4. The summed E-state index contributed by atoms with van der Waals surface area (Å²) >= 11 is 3.71. The fraction of sp³-hybridized carbons (Fsp3) is 0.429. The van der Waals surface area contributed by atoms with E-state index in [-0.39, 0.29) is 0 Å². The van der Waals surface area contributed by atoms with Gasteiger partial charge in [0.1, 0.15) is 0 Å². The van der Waals surface area contributed by atoms with Crippen LogP contribution < -0.4 is 5.73 Å². The van der Waals surface area contributed by atoms with Crippen molar-refractivity contribution in [3.05, 3.63) is 44.3 Å². The minimum Gasteiger partial charge on any atom is -0.329 e. The average molecular weight is 278 g/mol. The fourth-order valence-corrected chi connectivity index (χ4v) is 4.67. The molecule has 3 rings (SSSR count). The third kappa shape index (κ3) is 2.03. The maximum absolute atomic E-state index is 6.02. The lowest BCUT2D eigenvalue weighted by atomic mass is 9.98. The Morgan fingerprint density at radius 3 is 3.00 bits per heavy atom. The van der Waals surface area contributed by atoms with Gasteiger partial charge in [-0.15, -0.1) is 22.7 Å². The summed E-state index contributed by atoms with van der Waals surface area (Å²) in [5.74, 6) is 0. The molecule has 2 N–H and O–H groups in total. The molecule has 1 aliphatic heterocycles. The Hall–Kier alpha value is -0.680. The van der Waals surface area contributed by atoms with E-state index in [0.29, 0.717) is 18.6 Å². The van der Waals surface area contributed by atoms with Crippen LogP contribution in [0.4, 0.5) is 0 Å². The molecule has 18 heavy (non-hydrogen) atoms. The highest BCUT2D eigenvalue weighted by Crippen LogP contribution is 2.38. The lowest BCUT2D eigenvalue weighted by molar-refractivity contribution is 0.141. The van der Waals surface area contributed by atoms with Gasteiger partial charge in [-0.3, -0.25) is 4.90 Å². The Kier molecular flexibility index (Phi) is 3.52. The molecule has 1 aliphatic rings. The molecular weight excluding hydrogens is 260 g/mol. The summed E-state index contributed by atoms with van der Waals surface area (Å²) in [4.78, 5) is 5.50. The van der Waals surface area contributed by atoms with Gasteiger partial charge in [0.2, 0.25) is 0 Å². The van der Waals surface area contributed by atoms with Gasteiger partial charge in [0.15, 0.2) is 0 Å². The van der Waals surface area contributed by atoms with Crippen molar-refractivity contribution in [2.45, 2.75) is 25.4 Å². The molecule has 4 heteroatoms. The van der Waals surface area contributed by atoms with Crippen LogP contribution >= 0.6 is 22.7 Å². The third-order valence-corrected chi connectivity index (χ3v) is 5.79. The second-order valence-electron chi connectivity index (χ2n) is 4.73. The van der Waals surface area contributed by atoms with Gasteiger partial charge in [0, 0.05) is 28.9 Å². The highest BCUT2D eigenvalue weighted by Gasteiger charge is 2.30. The van der Waals surface area contributed by atoms with Gasteiger partial charge in [-0.1, -0.05) is 6.07 Å². The maximum Gasteiger partial charge on any atom is 0.0569 e. The van der Waals surface area contributed by atoms with E-state index < -0.39 is 0 Å². The number of rotatable bonds is 3. The van der Waals surface area contributed by atoms with Crippen LogP contribution in [-0.2, 0) is 6.42 Å². The Balaban J connectivity index is 1.89. The molecule has 0 bridgehead atoms. The largest absolute Gasteiger partial charge is 0.329 e. The summed E-state index contributed by atoms with van der Waals surface area (Å²) in [6.45, 7) is 4.12. The second-order valence-corrected chi connectivity index (χ2v) is 6.71.